The van der Waals surface area contributed by atoms with Crippen LogP contribution in [0.2, 0.25) is 10.0 Å². The lowest BCUT2D eigenvalue weighted by Gasteiger charge is -2.19. The van der Waals surface area contributed by atoms with Gasteiger partial charge in [0.05, 0.1) is 0 Å². The van der Waals surface area contributed by atoms with Crippen LogP contribution in [0.25, 0.3) is 6.08 Å². The first-order valence-electron chi connectivity index (χ1n) is 9.04. The Morgan fingerprint density at radius 2 is 1.57 bits per heavy atom. The van der Waals surface area contributed by atoms with E-state index in [9.17, 15) is 9.59 Å². The number of rotatable bonds is 4. The topological polar surface area (TPSA) is 61.8 Å². The minimum absolute atomic E-state index is 0.165. The van der Waals surface area contributed by atoms with Crippen molar-refractivity contribution >= 4 is 46.9 Å². The zero-order valence-corrected chi connectivity index (χ0v) is 17.1. The number of carbonyl (C=O) groups is 2. The Morgan fingerprint density at radius 3 is 2.27 bits per heavy atom. The van der Waals surface area contributed by atoms with Crippen LogP contribution in [-0.2, 0) is 4.79 Å². The predicted octanol–water partition coefficient (Wildman–Crippen LogP) is 4.97. The van der Waals surface area contributed by atoms with E-state index >= 15 is 0 Å². The maximum Gasteiger partial charge on any atom is 0.297 e. The van der Waals surface area contributed by atoms with E-state index in [0.717, 1.165) is 5.01 Å². The van der Waals surface area contributed by atoms with Crippen LogP contribution in [0.4, 0.5) is 0 Å². The molecule has 0 spiro atoms. The quantitative estimate of drug-likeness (QED) is 0.588. The minimum Gasteiger partial charge on any atom is -0.267 e. The molecule has 3 aromatic rings. The summed E-state index contributed by atoms with van der Waals surface area (Å²) in [5.41, 5.74) is 4.51. The van der Waals surface area contributed by atoms with Crippen molar-refractivity contribution < 1.29 is 9.59 Å². The number of hydrogen-bond donors (Lipinski definition) is 1. The fraction of sp³-hybridized carbons (Fsp3) is 0. The predicted molar refractivity (Wildman–Crippen MR) is 118 cm³/mol. The second-order valence-corrected chi connectivity index (χ2v) is 7.28. The second-order valence-electron chi connectivity index (χ2n) is 6.44. The highest BCUT2D eigenvalue weighted by Crippen LogP contribution is 2.24. The van der Waals surface area contributed by atoms with Crippen LogP contribution in [0, 0.1) is 0 Å². The third-order valence-corrected chi connectivity index (χ3v) is 5.01. The molecule has 0 saturated heterocycles. The number of carbonyl (C=O) groups excluding carboxylic acids is 2. The van der Waals surface area contributed by atoms with E-state index < -0.39 is 11.8 Å². The van der Waals surface area contributed by atoms with E-state index in [0.29, 0.717) is 32.6 Å². The first kappa shape index (κ1) is 19.9. The van der Waals surface area contributed by atoms with Gasteiger partial charge in [-0.15, -0.1) is 0 Å². The molecule has 0 aliphatic carbocycles. The number of nitrogens with one attached hydrogen (secondary N) is 1. The number of benzene rings is 3. The molecule has 2 amide bonds. The van der Waals surface area contributed by atoms with Crippen LogP contribution in [-0.4, -0.2) is 22.7 Å². The van der Waals surface area contributed by atoms with E-state index in [2.05, 4.69) is 10.4 Å². The molecule has 148 valence electrons. The Hall–Kier alpha value is -3.41. The highest BCUT2D eigenvalue weighted by atomic mass is 35.5. The van der Waals surface area contributed by atoms with E-state index in [1.807, 2.05) is 36.4 Å². The third-order valence-electron chi connectivity index (χ3n) is 4.41. The Balaban J connectivity index is 1.70. The molecule has 1 aliphatic heterocycles. The summed E-state index contributed by atoms with van der Waals surface area (Å²) in [5, 5.41) is 2.16. The molecule has 0 unspecified atom stereocenters. The Bertz CT molecular complexity index is 1170. The molecule has 1 aliphatic rings. The molecule has 7 heteroatoms. The lowest BCUT2D eigenvalue weighted by Crippen LogP contribution is -2.47. The van der Waals surface area contributed by atoms with Crippen LogP contribution in [0.3, 0.4) is 0 Å². The lowest BCUT2D eigenvalue weighted by molar-refractivity contribution is -0.124. The van der Waals surface area contributed by atoms with Gasteiger partial charge in [-0.25, -0.2) is 4.99 Å². The van der Waals surface area contributed by atoms with Crippen molar-refractivity contribution in [3.63, 3.8) is 0 Å². The highest BCUT2D eigenvalue weighted by molar-refractivity contribution is 6.32. The van der Waals surface area contributed by atoms with Crippen molar-refractivity contribution in [1.29, 1.82) is 0 Å². The normalized spacial score (nSPS) is 14.7. The van der Waals surface area contributed by atoms with Gasteiger partial charge >= 0.3 is 0 Å². The lowest BCUT2D eigenvalue weighted by atomic mass is 10.2. The Labute approximate surface area is 183 Å². The smallest absolute Gasteiger partial charge is 0.267 e. The van der Waals surface area contributed by atoms with Crippen molar-refractivity contribution in [3.8, 4) is 0 Å². The number of halogens is 2. The number of amidine groups is 1. The van der Waals surface area contributed by atoms with E-state index in [4.69, 9.17) is 23.2 Å². The summed E-state index contributed by atoms with van der Waals surface area (Å²) in [7, 11) is 0. The number of aliphatic imine (C=N–C) groups is 1. The van der Waals surface area contributed by atoms with Crippen LogP contribution < -0.4 is 5.43 Å². The first-order chi connectivity index (χ1) is 14.5. The number of hydrazine groups is 1. The van der Waals surface area contributed by atoms with E-state index in [-0.39, 0.29) is 5.70 Å². The molecule has 5 nitrogen and oxygen atoms in total. The summed E-state index contributed by atoms with van der Waals surface area (Å²) in [6, 6.07) is 22.7. The zero-order valence-electron chi connectivity index (χ0n) is 15.5. The summed E-state index contributed by atoms with van der Waals surface area (Å²) in [5.74, 6) is -0.597. The van der Waals surface area contributed by atoms with Gasteiger partial charge in [-0.05, 0) is 42.0 Å². The monoisotopic (exact) mass is 435 g/mol. The first-order valence-corrected chi connectivity index (χ1v) is 9.80. The molecule has 4 rings (SSSR count). The van der Waals surface area contributed by atoms with Gasteiger partial charge in [-0.2, -0.15) is 5.01 Å². The molecule has 0 saturated carbocycles. The van der Waals surface area contributed by atoms with Crippen LogP contribution in [0.1, 0.15) is 21.5 Å². The standard InChI is InChI=1S/C23H15Cl2N3O2/c24-18-12-10-16(11-13-18)22(29)27-28-21(15-6-2-1-3-7-15)26-20(23(28)30)14-17-8-4-5-9-19(17)25/h1-14H,(H,27,29)/b20-14-. The van der Waals surface area contributed by atoms with Gasteiger partial charge in [-0.3, -0.25) is 15.0 Å². The molecule has 0 bridgehead atoms. The van der Waals surface area contributed by atoms with Gasteiger partial charge in [0, 0.05) is 21.2 Å². The molecule has 0 fully saturated rings. The highest BCUT2D eigenvalue weighted by Gasteiger charge is 2.33. The average molecular weight is 436 g/mol. The summed E-state index contributed by atoms with van der Waals surface area (Å²) in [4.78, 5) is 30.3. The maximum absolute atomic E-state index is 13.1. The summed E-state index contributed by atoms with van der Waals surface area (Å²) in [6.45, 7) is 0. The van der Waals surface area contributed by atoms with Crippen molar-refractivity contribution in [2.24, 2.45) is 4.99 Å². The molecule has 1 heterocycles. The molecule has 1 N–H and O–H groups in total. The van der Waals surface area contributed by atoms with Crippen LogP contribution in [0.5, 0.6) is 0 Å². The SMILES string of the molecule is O=C(NN1C(=O)/C(=C/c2ccccc2Cl)N=C1c1ccccc1)c1ccc(Cl)cc1. The van der Waals surface area contributed by atoms with Crippen LogP contribution in [0.15, 0.2) is 89.6 Å². The largest absolute Gasteiger partial charge is 0.297 e. The molecule has 0 aromatic heterocycles. The molecule has 0 atom stereocenters. The minimum atomic E-state index is -0.462. The Kier molecular flexibility index (Phi) is 5.65. The summed E-state index contributed by atoms with van der Waals surface area (Å²) >= 11 is 12.1. The summed E-state index contributed by atoms with van der Waals surface area (Å²) < 4.78 is 0. The molecule has 0 radical (unpaired) electrons. The van der Waals surface area contributed by atoms with Gasteiger partial charge in [-0.1, -0.05) is 71.7 Å². The van der Waals surface area contributed by atoms with Gasteiger partial charge in [0.1, 0.15) is 5.70 Å². The molecule has 3 aromatic carbocycles. The fourth-order valence-electron chi connectivity index (χ4n) is 2.91. The fourth-order valence-corrected chi connectivity index (χ4v) is 3.22. The van der Waals surface area contributed by atoms with Gasteiger partial charge < -0.3 is 0 Å². The second kappa shape index (κ2) is 8.53. The van der Waals surface area contributed by atoms with Crippen molar-refractivity contribution in [2.75, 3.05) is 0 Å². The van der Waals surface area contributed by atoms with Gasteiger partial charge in [0.15, 0.2) is 5.84 Å². The zero-order chi connectivity index (χ0) is 21.1. The van der Waals surface area contributed by atoms with E-state index in [1.165, 1.54) is 0 Å². The Morgan fingerprint density at radius 1 is 0.900 bits per heavy atom. The maximum atomic E-state index is 13.1. The number of amides is 2. The average Bonchev–Trinajstić information content (AvgIpc) is 3.06. The van der Waals surface area contributed by atoms with Crippen LogP contribution >= 0.6 is 23.2 Å². The molecular formula is C23H15Cl2N3O2. The van der Waals surface area contributed by atoms with Crippen molar-refractivity contribution in [2.45, 2.75) is 0 Å². The molecular weight excluding hydrogens is 421 g/mol. The number of hydrogen-bond acceptors (Lipinski definition) is 3. The van der Waals surface area contributed by atoms with Crippen molar-refractivity contribution in [1.82, 2.24) is 10.4 Å². The molecule has 30 heavy (non-hydrogen) atoms. The van der Waals surface area contributed by atoms with Crippen molar-refractivity contribution in [3.05, 3.63) is 111 Å². The third kappa shape index (κ3) is 4.13. The van der Waals surface area contributed by atoms with Gasteiger partial charge in [0.25, 0.3) is 11.8 Å². The number of nitrogens with zero attached hydrogens (tertiary/aromatic N) is 2. The van der Waals surface area contributed by atoms with Gasteiger partial charge in [0.2, 0.25) is 0 Å². The summed E-state index contributed by atoms with van der Waals surface area (Å²) in [6.07, 6.45) is 1.60. The van der Waals surface area contributed by atoms with E-state index in [1.54, 1.807) is 48.5 Å².